The number of pyridine rings is 1. The van der Waals surface area contributed by atoms with Crippen molar-refractivity contribution >= 4 is 25.9 Å². The van der Waals surface area contributed by atoms with Crippen molar-refractivity contribution in [1.82, 2.24) is 14.0 Å². The molecule has 1 unspecified atom stereocenters. The van der Waals surface area contributed by atoms with E-state index < -0.39 is 43.2 Å². The molecule has 0 amide bonds. The molecule has 192 valence electrons. The first kappa shape index (κ1) is 25.6. The van der Waals surface area contributed by atoms with Gasteiger partial charge in [0.05, 0.1) is 17.6 Å². The zero-order valence-electron chi connectivity index (χ0n) is 19.5. The lowest BCUT2D eigenvalue weighted by Gasteiger charge is -2.44. The summed E-state index contributed by atoms with van der Waals surface area (Å²) >= 11 is 0. The van der Waals surface area contributed by atoms with Crippen molar-refractivity contribution in [2.75, 3.05) is 43.1 Å². The molecule has 1 aromatic rings. The number of sulfonamides is 2. The van der Waals surface area contributed by atoms with Crippen LogP contribution >= 0.6 is 0 Å². The Kier molecular flexibility index (Phi) is 6.27. The minimum atomic E-state index is -4.46. The van der Waals surface area contributed by atoms with Gasteiger partial charge in [-0.3, -0.25) is 0 Å². The Labute approximate surface area is 199 Å². The molecule has 3 fully saturated rings. The van der Waals surface area contributed by atoms with Gasteiger partial charge in [0.25, 0.3) is 0 Å². The minimum absolute atomic E-state index is 0.130. The van der Waals surface area contributed by atoms with Crippen LogP contribution in [0.15, 0.2) is 18.3 Å². The molecule has 8 nitrogen and oxygen atoms in total. The van der Waals surface area contributed by atoms with Gasteiger partial charge in [-0.25, -0.2) is 26.5 Å². The number of fused-ring (bicyclic) bond motifs is 2. The molecule has 2 bridgehead atoms. The Balaban J connectivity index is 1.47. The van der Waals surface area contributed by atoms with Crippen LogP contribution in [0.3, 0.4) is 0 Å². The van der Waals surface area contributed by atoms with Crippen LogP contribution in [-0.2, 0) is 26.2 Å². The molecule has 0 radical (unpaired) electrons. The summed E-state index contributed by atoms with van der Waals surface area (Å²) in [6.07, 6.45) is -0.434. The molecule has 0 spiro atoms. The number of halogens is 3. The van der Waals surface area contributed by atoms with Crippen molar-refractivity contribution < 1.29 is 30.0 Å². The smallest absolute Gasteiger partial charge is 0.354 e. The van der Waals surface area contributed by atoms with Crippen molar-refractivity contribution in [2.45, 2.75) is 45.3 Å². The van der Waals surface area contributed by atoms with Crippen LogP contribution < -0.4 is 9.62 Å². The molecule has 2 saturated carbocycles. The van der Waals surface area contributed by atoms with Crippen LogP contribution in [0.1, 0.15) is 38.7 Å². The first-order valence-electron chi connectivity index (χ1n) is 11.3. The Hall–Kier alpha value is -1.44. The molecule has 2 heterocycles. The van der Waals surface area contributed by atoms with Crippen molar-refractivity contribution in [1.29, 1.82) is 0 Å². The van der Waals surface area contributed by atoms with Crippen LogP contribution in [-0.4, -0.2) is 70.4 Å². The normalized spacial score (nSPS) is 30.1. The predicted octanol–water partition coefficient (Wildman–Crippen LogP) is 2.30. The highest BCUT2D eigenvalue weighted by molar-refractivity contribution is 7.89. The molecule has 3 atom stereocenters. The van der Waals surface area contributed by atoms with E-state index in [1.807, 2.05) is 13.8 Å². The van der Waals surface area contributed by atoms with E-state index in [9.17, 15) is 30.0 Å². The van der Waals surface area contributed by atoms with Crippen LogP contribution in [0.4, 0.5) is 19.0 Å². The van der Waals surface area contributed by atoms with Crippen molar-refractivity contribution in [2.24, 2.45) is 16.7 Å². The Morgan fingerprint density at radius 2 is 1.76 bits per heavy atom. The van der Waals surface area contributed by atoms with E-state index in [2.05, 4.69) is 9.71 Å². The number of nitrogens with one attached hydrogen (secondary N) is 1. The average molecular weight is 525 g/mol. The molecule has 4 rings (SSSR count). The van der Waals surface area contributed by atoms with E-state index in [0.29, 0.717) is 31.7 Å². The van der Waals surface area contributed by atoms with E-state index in [1.165, 1.54) is 10.4 Å². The standard InChI is InChI=1S/C21H31F3N4O4S2/c1-19(2)15-6-7-20(19,17(12-15)26-33(3,29)30)14-34(31,32)28-10-8-27(9-11-28)18-5-4-16(13-25-18)21(22,23)24/h4-5,13,15,17,26H,6-12,14H2,1-3H3/t15-,17?,20+/m0/s1. The average Bonchev–Trinajstić information content (AvgIpc) is 3.07. The maximum Gasteiger partial charge on any atom is 0.417 e. The lowest BCUT2D eigenvalue weighted by molar-refractivity contribution is -0.137. The van der Waals surface area contributed by atoms with E-state index in [0.717, 1.165) is 24.9 Å². The van der Waals surface area contributed by atoms with E-state index >= 15 is 0 Å². The maximum atomic E-state index is 13.5. The number of piperazine rings is 1. The number of alkyl halides is 3. The highest BCUT2D eigenvalue weighted by atomic mass is 32.2. The van der Waals surface area contributed by atoms with Gasteiger partial charge in [-0.2, -0.15) is 17.5 Å². The molecule has 13 heteroatoms. The van der Waals surface area contributed by atoms with Crippen LogP contribution in [0, 0.1) is 16.7 Å². The van der Waals surface area contributed by atoms with Gasteiger partial charge in [0.2, 0.25) is 20.0 Å². The quantitative estimate of drug-likeness (QED) is 0.613. The van der Waals surface area contributed by atoms with Crippen molar-refractivity contribution in [3.63, 3.8) is 0 Å². The Bertz CT molecular complexity index is 1130. The van der Waals surface area contributed by atoms with Gasteiger partial charge in [0, 0.05) is 43.8 Å². The Morgan fingerprint density at radius 3 is 2.26 bits per heavy atom. The summed E-state index contributed by atoms with van der Waals surface area (Å²) in [6, 6.07) is 1.84. The number of aromatic nitrogens is 1. The number of hydrogen-bond donors (Lipinski definition) is 1. The van der Waals surface area contributed by atoms with Crippen molar-refractivity contribution in [3.05, 3.63) is 23.9 Å². The molecule has 0 aromatic carbocycles. The lowest BCUT2D eigenvalue weighted by Crippen LogP contribution is -2.56. The van der Waals surface area contributed by atoms with Crippen molar-refractivity contribution in [3.8, 4) is 0 Å². The monoisotopic (exact) mass is 524 g/mol. The summed E-state index contributed by atoms with van der Waals surface area (Å²) < 4.78 is 93.5. The summed E-state index contributed by atoms with van der Waals surface area (Å²) in [7, 11) is -7.19. The van der Waals surface area contributed by atoms with E-state index in [4.69, 9.17) is 0 Å². The third-order valence-electron chi connectivity index (χ3n) is 8.26. The summed E-state index contributed by atoms with van der Waals surface area (Å²) in [5.74, 6) is 0.496. The number of anilines is 1. The number of rotatable bonds is 6. The molecular weight excluding hydrogens is 493 g/mol. The van der Waals surface area contributed by atoms with Crippen LogP contribution in [0.2, 0.25) is 0 Å². The zero-order chi connectivity index (χ0) is 25.2. The highest BCUT2D eigenvalue weighted by Crippen LogP contribution is 2.66. The zero-order valence-corrected chi connectivity index (χ0v) is 21.1. The first-order chi connectivity index (χ1) is 15.6. The van der Waals surface area contributed by atoms with Gasteiger partial charge < -0.3 is 4.90 Å². The Morgan fingerprint density at radius 1 is 1.12 bits per heavy atom. The molecule has 3 aliphatic rings. The molecule has 34 heavy (non-hydrogen) atoms. The molecule has 2 aliphatic carbocycles. The fourth-order valence-corrected chi connectivity index (χ4v) is 9.31. The second-order valence-electron chi connectivity index (χ2n) is 10.3. The van der Waals surface area contributed by atoms with Gasteiger partial charge in [-0.1, -0.05) is 13.8 Å². The lowest BCUT2D eigenvalue weighted by atomic mass is 9.69. The van der Waals surface area contributed by atoms with Gasteiger partial charge in [-0.05, 0) is 42.7 Å². The fraction of sp³-hybridized carbons (Fsp3) is 0.762. The molecule has 1 aromatic heterocycles. The van der Waals surface area contributed by atoms with Gasteiger partial charge in [0.15, 0.2) is 0 Å². The summed E-state index contributed by atoms with van der Waals surface area (Å²) in [5.41, 5.74) is -1.84. The molecule has 1 saturated heterocycles. The molecule has 1 aliphatic heterocycles. The SMILES string of the molecule is CC1(C)[C@H]2CC[C@@]1(CS(=O)(=O)N1CCN(c3ccc(C(F)(F)F)cn3)CC1)C(NS(C)(=O)=O)C2. The predicted molar refractivity (Wildman–Crippen MR) is 122 cm³/mol. The summed E-state index contributed by atoms with van der Waals surface area (Å²) in [5, 5.41) is 0. The van der Waals surface area contributed by atoms with Gasteiger partial charge in [0.1, 0.15) is 5.82 Å². The number of nitrogens with zero attached hydrogens (tertiary/aromatic N) is 3. The highest BCUT2D eigenvalue weighted by Gasteiger charge is 2.66. The van der Waals surface area contributed by atoms with Crippen LogP contribution in [0.5, 0.6) is 0 Å². The number of hydrogen-bond acceptors (Lipinski definition) is 6. The third-order valence-corrected chi connectivity index (χ3v) is 11.0. The largest absolute Gasteiger partial charge is 0.417 e. The second kappa shape index (κ2) is 8.31. The molecular formula is C21H31F3N4O4S2. The third kappa shape index (κ3) is 4.56. The topological polar surface area (TPSA) is 99.7 Å². The fourth-order valence-electron chi connectivity index (χ4n) is 6.20. The molecule has 1 N–H and O–H groups in total. The van der Waals surface area contributed by atoms with Crippen LogP contribution in [0.25, 0.3) is 0 Å². The second-order valence-corrected chi connectivity index (χ2v) is 14.1. The summed E-state index contributed by atoms with van der Waals surface area (Å²) in [6.45, 7) is 5.07. The van der Waals surface area contributed by atoms with E-state index in [1.54, 1.807) is 4.90 Å². The maximum absolute atomic E-state index is 13.5. The van der Waals surface area contributed by atoms with Gasteiger partial charge >= 0.3 is 6.18 Å². The minimum Gasteiger partial charge on any atom is -0.354 e. The van der Waals surface area contributed by atoms with E-state index in [-0.39, 0.29) is 30.2 Å². The first-order valence-corrected chi connectivity index (χ1v) is 14.8. The summed E-state index contributed by atoms with van der Waals surface area (Å²) in [4.78, 5) is 5.67. The van der Waals surface area contributed by atoms with Gasteiger partial charge in [-0.15, -0.1) is 0 Å².